The molecular formula is C30H27NO5. The number of ketones is 1. The zero-order chi connectivity index (χ0) is 25.3. The summed E-state index contributed by atoms with van der Waals surface area (Å²) in [6.45, 7) is 2.20. The van der Waals surface area contributed by atoms with Crippen molar-refractivity contribution in [2.45, 2.75) is 32.5 Å². The van der Waals surface area contributed by atoms with Gasteiger partial charge in [0.2, 0.25) is 0 Å². The van der Waals surface area contributed by atoms with Gasteiger partial charge >= 0.3 is 5.97 Å². The maximum atomic E-state index is 13.3. The number of nitrogens with zero attached hydrogens (tertiary/aromatic N) is 1. The van der Waals surface area contributed by atoms with Crippen LogP contribution < -0.4 is 9.47 Å². The normalized spacial score (nSPS) is 11.5. The number of hydrogen-bond acceptors (Lipinski definition) is 5. The van der Waals surface area contributed by atoms with Crippen LogP contribution in [-0.2, 0) is 11.4 Å². The molecule has 182 valence electrons. The van der Waals surface area contributed by atoms with Crippen molar-refractivity contribution >= 4 is 11.8 Å². The number of aliphatic carboxylic acids is 1. The number of carboxylic acid groups (broad SMARTS) is 1. The van der Waals surface area contributed by atoms with Gasteiger partial charge in [-0.15, -0.1) is 0 Å². The molecule has 1 N–H and O–H groups in total. The number of ether oxygens (including phenoxy) is 2. The maximum Gasteiger partial charge on any atom is 0.303 e. The fourth-order valence-electron chi connectivity index (χ4n) is 3.92. The molecule has 1 aromatic heterocycles. The predicted molar refractivity (Wildman–Crippen MR) is 136 cm³/mol. The summed E-state index contributed by atoms with van der Waals surface area (Å²) in [4.78, 5) is 28.7. The summed E-state index contributed by atoms with van der Waals surface area (Å²) in [5.41, 5.74) is 3.76. The lowest BCUT2D eigenvalue weighted by Gasteiger charge is -2.22. The van der Waals surface area contributed by atoms with E-state index in [4.69, 9.17) is 9.47 Å². The molecule has 0 aliphatic carbocycles. The van der Waals surface area contributed by atoms with Gasteiger partial charge in [0.25, 0.3) is 0 Å². The lowest BCUT2D eigenvalue weighted by atomic mass is 9.99. The van der Waals surface area contributed by atoms with E-state index in [1.807, 2.05) is 61.5 Å². The van der Waals surface area contributed by atoms with Crippen molar-refractivity contribution in [3.8, 4) is 11.5 Å². The third kappa shape index (κ3) is 6.36. The number of carboxylic acids is 1. The van der Waals surface area contributed by atoms with Crippen LogP contribution in [0.4, 0.5) is 0 Å². The maximum absolute atomic E-state index is 13.3. The van der Waals surface area contributed by atoms with Crippen molar-refractivity contribution in [1.82, 2.24) is 4.98 Å². The fraction of sp³-hybridized carbons (Fsp3) is 0.167. The number of hydrogen-bond donors (Lipinski definition) is 1. The van der Waals surface area contributed by atoms with Crippen molar-refractivity contribution in [3.05, 3.63) is 125 Å². The van der Waals surface area contributed by atoms with Crippen molar-refractivity contribution in [2.24, 2.45) is 0 Å². The summed E-state index contributed by atoms with van der Waals surface area (Å²) in [5, 5.41) is 9.25. The zero-order valence-electron chi connectivity index (χ0n) is 20.0. The van der Waals surface area contributed by atoms with Gasteiger partial charge in [0.05, 0.1) is 5.56 Å². The van der Waals surface area contributed by atoms with E-state index in [9.17, 15) is 14.7 Å². The fourth-order valence-corrected chi connectivity index (χ4v) is 3.92. The molecule has 0 aliphatic heterocycles. The van der Waals surface area contributed by atoms with E-state index in [2.05, 4.69) is 4.98 Å². The van der Waals surface area contributed by atoms with Crippen LogP contribution in [-0.4, -0.2) is 21.8 Å². The first-order valence-electron chi connectivity index (χ1n) is 11.7. The number of carbonyl (C=O) groups excluding carboxylic acids is 1. The average Bonchev–Trinajstić information content (AvgIpc) is 2.91. The van der Waals surface area contributed by atoms with E-state index in [-0.39, 0.29) is 18.8 Å². The highest BCUT2D eigenvalue weighted by atomic mass is 16.5. The van der Waals surface area contributed by atoms with Gasteiger partial charge in [-0.05, 0) is 42.7 Å². The van der Waals surface area contributed by atoms with E-state index < -0.39 is 12.1 Å². The van der Waals surface area contributed by atoms with Crippen molar-refractivity contribution in [2.75, 3.05) is 0 Å². The Balaban J connectivity index is 1.66. The number of carbonyl (C=O) groups is 2. The minimum Gasteiger partial charge on any atom is -0.488 e. The van der Waals surface area contributed by atoms with Crippen molar-refractivity contribution in [3.63, 3.8) is 0 Å². The summed E-state index contributed by atoms with van der Waals surface area (Å²) < 4.78 is 12.4. The first-order valence-corrected chi connectivity index (χ1v) is 11.7. The molecule has 36 heavy (non-hydrogen) atoms. The van der Waals surface area contributed by atoms with Crippen LogP contribution in [0.2, 0.25) is 0 Å². The van der Waals surface area contributed by atoms with E-state index in [1.54, 1.807) is 42.7 Å². The molecule has 0 aliphatic rings. The second kappa shape index (κ2) is 11.8. The third-order valence-electron chi connectivity index (χ3n) is 5.78. The zero-order valence-corrected chi connectivity index (χ0v) is 20.0. The third-order valence-corrected chi connectivity index (χ3v) is 5.78. The SMILES string of the molecule is Cc1ccccc1C(CCC(=O)O)Oc1ccc(C(=O)c2ccccc2)c(OCc2cccnc2)c1. The topological polar surface area (TPSA) is 85.7 Å². The van der Waals surface area contributed by atoms with E-state index in [0.29, 0.717) is 29.0 Å². The van der Waals surface area contributed by atoms with Gasteiger partial charge in [0.15, 0.2) is 5.78 Å². The Labute approximate surface area is 210 Å². The highest BCUT2D eigenvalue weighted by Gasteiger charge is 2.20. The Kier molecular flexibility index (Phi) is 8.08. The highest BCUT2D eigenvalue weighted by Crippen LogP contribution is 2.33. The van der Waals surface area contributed by atoms with Crippen LogP contribution in [0.25, 0.3) is 0 Å². The van der Waals surface area contributed by atoms with Gasteiger partial charge in [-0.2, -0.15) is 0 Å². The largest absolute Gasteiger partial charge is 0.488 e. The average molecular weight is 482 g/mol. The standard InChI is InChI=1S/C30H27NO5/c1-21-8-5-6-12-25(21)27(15-16-29(32)33)36-24-13-14-26(30(34)23-10-3-2-4-11-23)28(18-24)35-20-22-9-7-17-31-19-22/h2-14,17-19,27H,15-16,20H2,1H3,(H,32,33). The molecule has 0 fully saturated rings. The number of rotatable bonds is 11. The minimum absolute atomic E-state index is 0.0338. The van der Waals surface area contributed by atoms with Crippen molar-refractivity contribution < 1.29 is 24.2 Å². The second-order valence-electron chi connectivity index (χ2n) is 8.40. The molecule has 4 aromatic rings. The smallest absolute Gasteiger partial charge is 0.303 e. The molecule has 0 saturated heterocycles. The summed E-state index contributed by atoms with van der Waals surface area (Å²) in [5.74, 6) is -0.183. The minimum atomic E-state index is -0.888. The second-order valence-corrected chi connectivity index (χ2v) is 8.40. The van der Waals surface area contributed by atoms with Gasteiger partial charge in [-0.25, -0.2) is 0 Å². The highest BCUT2D eigenvalue weighted by molar-refractivity contribution is 6.10. The van der Waals surface area contributed by atoms with Gasteiger partial charge < -0.3 is 14.6 Å². The Morgan fingerprint density at radius 1 is 0.944 bits per heavy atom. The predicted octanol–water partition coefficient (Wildman–Crippen LogP) is 6.18. The first-order chi connectivity index (χ1) is 17.5. The molecule has 1 atom stereocenters. The lowest BCUT2D eigenvalue weighted by molar-refractivity contribution is -0.137. The molecule has 0 bridgehead atoms. The number of pyridine rings is 1. The Bertz CT molecular complexity index is 1320. The van der Waals surface area contributed by atoms with Crippen LogP contribution in [0.5, 0.6) is 11.5 Å². The van der Waals surface area contributed by atoms with Crippen LogP contribution >= 0.6 is 0 Å². The summed E-state index contributed by atoms with van der Waals surface area (Å²) in [6, 6.07) is 25.6. The van der Waals surface area contributed by atoms with Crippen LogP contribution in [0.1, 0.15) is 51.6 Å². The summed E-state index contributed by atoms with van der Waals surface area (Å²) in [6.07, 6.45) is 3.19. The van der Waals surface area contributed by atoms with Crippen molar-refractivity contribution in [1.29, 1.82) is 0 Å². The summed E-state index contributed by atoms with van der Waals surface area (Å²) >= 11 is 0. The van der Waals surface area contributed by atoms with E-state index in [1.165, 1.54) is 0 Å². The molecule has 0 saturated carbocycles. The van der Waals surface area contributed by atoms with E-state index >= 15 is 0 Å². The first kappa shape index (κ1) is 24.7. The van der Waals surface area contributed by atoms with Gasteiger partial charge in [-0.3, -0.25) is 14.6 Å². The molecule has 0 spiro atoms. The molecule has 0 radical (unpaired) electrons. The Morgan fingerprint density at radius 2 is 1.72 bits per heavy atom. The Morgan fingerprint density at radius 3 is 2.44 bits per heavy atom. The Hall–Kier alpha value is -4.45. The molecule has 4 rings (SSSR count). The molecule has 1 heterocycles. The molecule has 6 heteroatoms. The van der Waals surface area contributed by atoms with Crippen LogP contribution in [0.15, 0.2) is 97.3 Å². The lowest BCUT2D eigenvalue weighted by Crippen LogP contribution is -2.12. The quantitative estimate of drug-likeness (QED) is 0.257. The monoisotopic (exact) mass is 481 g/mol. The molecule has 0 amide bonds. The van der Waals surface area contributed by atoms with Gasteiger partial charge in [-0.1, -0.05) is 60.7 Å². The van der Waals surface area contributed by atoms with Crippen LogP contribution in [0, 0.1) is 6.92 Å². The van der Waals surface area contributed by atoms with Crippen LogP contribution in [0.3, 0.4) is 0 Å². The number of aromatic nitrogens is 1. The molecule has 6 nitrogen and oxygen atoms in total. The molecule has 3 aromatic carbocycles. The van der Waals surface area contributed by atoms with E-state index in [0.717, 1.165) is 16.7 Å². The molecule has 1 unspecified atom stereocenters. The molecular weight excluding hydrogens is 454 g/mol. The van der Waals surface area contributed by atoms with Gasteiger partial charge in [0, 0.05) is 36.0 Å². The van der Waals surface area contributed by atoms with Gasteiger partial charge in [0.1, 0.15) is 24.2 Å². The number of aryl methyl sites for hydroxylation is 1. The summed E-state index contributed by atoms with van der Waals surface area (Å²) in [7, 11) is 0. The number of benzene rings is 3.